The van der Waals surface area contributed by atoms with Crippen molar-refractivity contribution in [2.45, 2.75) is 6.92 Å². The van der Waals surface area contributed by atoms with E-state index in [-0.39, 0.29) is 0 Å². The van der Waals surface area contributed by atoms with Crippen molar-refractivity contribution in [1.29, 1.82) is 0 Å². The van der Waals surface area contributed by atoms with Crippen LogP contribution in [0.5, 0.6) is 0 Å². The van der Waals surface area contributed by atoms with Gasteiger partial charge in [-0.05, 0) is 31.2 Å². The number of halogens is 1. The van der Waals surface area contributed by atoms with Crippen molar-refractivity contribution in [2.24, 2.45) is 0 Å². The van der Waals surface area contributed by atoms with Crippen molar-refractivity contribution in [3.05, 3.63) is 52.9 Å². The lowest BCUT2D eigenvalue weighted by Gasteiger charge is -2.01. The predicted octanol–water partition coefficient (Wildman–Crippen LogP) is 3.65. The highest BCUT2D eigenvalue weighted by Gasteiger charge is 2.10. The van der Waals surface area contributed by atoms with E-state index in [4.69, 9.17) is 5.73 Å². The van der Waals surface area contributed by atoms with Crippen molar-refractivity contribution >= 4 is 27.1 Å². The molecular formula is C14H12BrN3. The molecule has 0 saturated heterocycles. The van der Waals surface area contributed by atoms with Gasteiger partial charge in [-0.15, -0.1) is 0 Å². The Morgan fingerprint density at radius 1 is 1.22 bits per heavy atom. The zero-order valence-corrected chi connectivity index (χ0v) is 11.5. The second-order valence-electron chi connectivity index (χ2n) is 4.23. The van der Waals surface area contributed by atoms with Gasteiger partial charge in [0.25, 0.3) is 0 Å². The van der Waals surface area contributed by atoms with Crippen LogP contribution in [-0.2, 0) is 0 Å². The molecule has 0 saturated carbocycles. The van der Waals surface area contributed by atoms with E-state index in [1.807, 2.05) is 41.8 Å². The van der Waals surface area contributed by atoms with Crippen molar-refractivity contribution in [1.82, 2.24) is 9.38 Å². The van der Waals surface area contributed by atoms with Gasteiger partial charge in [0.05, 0.1) is 11.2 Å². The van der Waals surface area contributed by atoms with Crippen molar-refractivity contribution < 1.29 is 0 Å². The van der Waals surface area contributed by atoms with Gasteiger partial charge in [0, 0.05) is 21.9 Å². The number of benzene rings is 1. The molecule has 0 atom stereocenters. The standard InChI is InChI=1S/C14H12BrN3/c1-9-17-14(10-3-2-4-11(15)7-10)13-8-12(16)5-6-18(9)13/h2-8H,16H2,1H3. The molecule has 4 heteroatoms. The first kappa shape index (κ1) is 11.3. The molecule has 2 heterocycles. The SMILES string of the molecule is Cc1nc(-c2cccc(Br)c2)c2cc(N)ccn12. The molecule has 3 rings (SSSR count). The fourth-order valence-corrected chi connectivity index (χ4v) is 2.50. The number of anilines is 1. The molecule has 18 heavy (non-hydrogen) atoms. The molecule has 0 aliphatic heterocycles. The van der Waals surface area contributed by atoms with Crippen LogP contribution in [0.3, 0.4) is 0 Å². The van der Waals surface area contributed by atoms with Gasteiger partial charge in [-0.25, -0.2) is 4.98 Å². The largest absolute Gasteiger partial charge is 0.399 e. The van der Waals surface area contributed by atoms with E-state index >= 15 is 0 Å². The number of hydrogen-bond acceptors (Lipinski definition) is 2. The first-order chi connectivity index (χ1) is 8.65. The maximum atomic E-state index is 5.86. The van der Waals surface area contributed by atoms with Gasteiger partial charge >= 0.3 is 0 Å². The van der Waals surface area contributed by atoms with Gasteiger partial charge in [0.2, 0.25) is 0 Å². The van der Waals surface area contributed by atoms with Crippen LogP contribution in [0, 0.1) is 6.92 Å². The van der Waals surface area contributed by atoms with Crippen LogP contribution in [0.2, 0.25) is 0 Å². The summed E-state index contributed by atoms with van der Waals surface area (Å²) in [7, 11) is 0. The number of nitrogens with zero attached hydrogens (tertiary/aromatic N) is 2. The van der Waals surface area contributed by atoms with Crippen LogP contribution in [0.1, 0.15) is 5.82 Å². The molecule has 0 radical (unpaired) electrons. The van der Waals surface area contributed by atoms with Crippen LogP contribution in [0.25, 0.3) is 16.8 Å². The second-order valence-corrected chi connectivity index (χ2v) is 5.15. The van der Waals surface area contributed by atoms with Crippen LogP contribution in [0.4, 0.5) is 5.69 Å². The number of imidazole rings is 1. The maximum absolute atomic E-state index is 5.86. The summed E-state index contributed by atoms with van der Waals surface area (Å²) < 4.78 is 3.09. The molecule has 90 valence electrons. The molecule has 0 unspecified atom stereocenters. The van der Waals surface area contributed by atoms with E-state index in [0.717, 1.165) is 32.8 Å². The number of rotatable bonds is 1. The lowest BCUT2D eigenvalue weighted by molar-refractivity contribution is 1.05. The monoisotopic (exact) mass is 301 g/mol. The molecule has 0 fully saturated rings. The molecule has 0 aliphatic rings. The quantitative estimate of drug-likeness (QED) is 0.745. The first-order valence-electron chi connectivity index (χ1n) is 5.65. The second kappa shape index (κ2) is 4.14. The van der Waals surface area contributed by atoms with Crippen LogP contribution in [-0.4, -0.2) is 9.38 Å². The lowest BCUT2D eigenvalue weighted by Crippen LogP contribution is -1.90. The number of aryl methyl sites for hydroxylation is 1. The molecule has 0 aliphatic carbocycles. The van der Waals surface area contributed by atoms with Crippen LogP contribution >= 0.6 is 15.9 Å². The van der Waals surface area contributed by atoms with E-state index in [2.05, 4.69) is 33.0 Å². The number of pyridine rings is 1. The number of nitrogens with two attached hydrogens (primary N) is 1. The van der Waals surface area contributed by atoms with Gasteiger partial charge in [-0.2, -0.15) is 0 Å². The molecular weight excluding hydrogens is 290 g/mol. The van der Waals surface area contributed by atoms with Crippen molar-refractivity contribution in [3.8, 4) is 11.3 Å². The van der Waals surface area contributed by atoms with E-state index in [1.54, 1.807) is 0 Å². The lowest BCUT2D eigenvalue weighted by atomic mass is 10.1. The van der Waals surface area contributed by atoms with Gasteiger partial charge in [0.1, 0.15) is 5.82 Å². The summed E-state index contributed by atoms with van der Waals surface area (Å²) >= 11 is 3.49. The molecule has 2 N–H and O–H groups in total. The molecule has 0 bridgehead atoms. The number of hydrogen-bond donors (Lipinski definition) is 1. The molecule has 1 aromatic carbocycles. The number of aromatic nitrogens is 2. The van der Waals surface area contributed by atoms with E-state index in [9.17, 15) is 0 Å². The molecule has 3 nitrogen and oxygen atoms in total. The molecule has 0 amide bonds. The van der Waals surface area contributed by atoms with Crippen molar-refractivity contribution in [3.63, 3.8) is 0 Å². The molecule has 2 aromatic heterocycles. The Morgan fingerprint density at radius 2 is 2.06 bits per heavy atom. The summed E-state index contributed by atoms with van der Waals surface area (Å²) in [6, 6.07) is 12.0. The highest BCUT2D eigenvalue weighted by Crippen LogP contribution is 2.27. The zero-order valence-electron chi connectivity index (χ0n) is 9.89. The minimum Gasteiger partial charge on any atom is -0.399 e. The Bertz CT molecular complexity index is 731. The summed E-state index contributed by atoms with van der Waals surface area (Å²) in [5, 5.41) is 0. The zero-order chi connectivity index (χ0) is 12.7. The minimum absolute atomic E-state index is 0.749. The summed E-state index contributed by atoms with van der Waals surface area (Å²) in [5.41, 5.74) is 9.68. The van der Waals surface area contributed by atoms with Gasteiger partial charge < -0.3 is 10.1 Å². The Balaban J connectivity index is 2.32. The normalized spacial score (nSPS) is 11.0. The summed E-state index contributed by atoms with van der Waals surface area (Å²) in [6.45, 7) is 1.99. The summed E-state index contributed by atoms with van der Waals surface area (Å²) in [4.78, 5) is 4.63. The van der Waals surface area contributed by atoms with Gasteiger partial charge in [-0.3, -0.25) is 0 Å². The van der Waals surface area contributed by atoms with E-state index < -0.39 is 0 Å². The fraction of sp³-hybridized carbons (Fsp3) is 0.0714. The van der Waals surface area contributed by atoms with E-state index in [1.165, 1.54) is 0 Å². The third-order valence-corrected chi connectivity index (χ3v) is 3.44. The Kier molecular flexibility index (Phi) is 2.59. The number of nitrogen functional groups attached to an aromatic ring is 1. The minimum atomic E-state index is 0.749. The molecule has 3 aromatic rings. The average molecular weight is 302 g/mol. The smallest absolute Gasteiger partial charge is 0.110 e. The maximum Gasteiger partial charge on any atom is 0.110 e. The molecule has 0 spiro atoms. The summed E-state index contributed by atoms with van der Waals surface area (Å²) in [5.74, 6) is 0.958. The average Bonchev–Trinajstić information content (AvgIpc) is 2.66. The third-order valence-electron chi connectivity index (χ3n) is 2.94. The number of fused-ring (bicyclic) bond motifs is 1. The van der Waals surface area contributed by atoms with Crippen LogP contribution < -0.4 is 5.73 Å². The van der Waals surface area contributed by atoms with E-state index in [0.29, 0.717) is 0 Å². The topological polar surface area (TPSA) is 43.3 Å². The Labute approximate surface area is 113 Å². The third kappa shape index (κ3) is 1.78. The Morgan fingerprint density at radius 3 is 2.83 bits per heavy atom. The highest BCUT2D eigenvalue weighted by molar-refractivity contribution is 9.10. The predicted molar refractivity (Wildman–Crippen MR) is 77.5 cm³/mol. The van der Waals surface area contributed by atoms with Gasteiger partial charge in [0.15, 0.2) is 0 Å². The summed E-state index contributed by atoms with van der Waals surface area (Å²) in [6.07, 6.45) is 1.95. The van der Waals surface area contributed by atoms with Crippen LogP contribution in [0.15, 0.2) is 47.1 Å². The van der Waals surface area contributed by atoms with Crippen molar-refractivity contribution in [2.75, 3.05) is 5.73 Å². The fourth-order valence-electron chi connectivity index (χ4n) is 2.10. The van der Waals surface area contributed by atoms with Gasteiger partial charge in [-0.1, -0.05) is 28.1 Å². The Hall–Kier alpha value is -1.81. The highest BCUT2D eigenvalue weighted by atomic mass is 79.9. The first-order valence-corrected chi connectivity index (χ1v) is 6.44.